The average molecular weight is 919 g/mol. The van der Waals surface area contributed by atoms with Gasteiger partial charge in [0.1, 0.15) is 30.5 Å². The Balaban J connectivity index is 2.17. The zero-order valence-corrected chi connectivity index (χ0v) is 42.0. The highest BCUT2D eigenvalue weighted by atomic mass is 16.7. The summed E-state index contributed by atoms with van der Waals surface area (Å²) in [7, 11) is 0. The molecule has 0 spiro atoms. The molecule has 380 valence electrons. The van der Waals surface area contributed by atoms with Crippen LogP contribution in [-0.2, 0) is 23.7 Å². The number of aliphatic hydroxyl groups is 4. The third kappa shape index (κ3) is 37.8. The molecule has 0 radical (unpaired) electrons. The molecule has 1 aliphatic heterocycles. The molecule has 1 aliphatic rings. The molecule has 65 heavy (non-hydrogen) atoms. The van der Waals surface area contributed by atoms with Crippen LogP contribution in [-0.4, -0.2) is 89.6 Å². The quantitative estimate of drug-likeness (QED) is 0.0267. The number of ether oxygens (including phenoxy) is 4. The van der Waals surface area contributed by atoms with Gasteiger partial charge < -0.3 is 39.4 Å². The predicted molar refractivity (Wildman–Crippen MR) is 270 cm³/mol. The molecule has 0 aromatic rings. The van der Waals surface area contributed by atoms with Crippen molar-refractivity contribution in [3.63, 3.8) is 0 Å². The number of carbonyl (C=O) groups excluding carboxylic acids is 1. The van der Waals surface area contributed by atoms with Crippen LogP contribution >= 0.6 is 0 Å². The number of allylic oxidation sites excluding steroid dienone is 8. The van der Waals surface area contributed by atoms with Crippen LogP contribution in [0.3, 0.4) is 0 Å². The highest BCUT2D eigenvalue weighted by Gasteiger charge is 2.44. The van der Waals surface area contributed by atoms with Crippen LogP contribution in [0.4, 0.5) is 0 Å². The molecular formula is C56H102O9. The second-order valence-electron chi connectivity index (χ2n) is 18.7. The summed E-state index contributed by atoms with van der Waals surface area (Å²) < 4.78 is 22.9. The van der Waals surface area contributed by atoms with E-state index >= 15 is 0 Å². The summed E-state index contributed by atoms with van der Waals surface area (Å²) in [6.07, 6.45) is 52.9. The van der Waals surface area contributed by atoms with Gasteiger partial charge in [-0.15, -0.1) is 0 Å². The molecule has 6 atom stereocenters. The third-order valence-corrected chi connectivity index (χ3v) is 12.5. The normalized spacial score (nSPS) is 19.8. The van der Waals surface area contributed by atoms with E-state index in [0.717, 1.165) is 57.8 Å². The Morgan fingerprint density at radius 1 is 0.508 bits per heavy atom. The summed E-state index contributed by atoms with van der Waals surface area (Å²) in [5, 5.41) is 40.3. The smallest absolute Gasteiger partial charge is 0.306 e. The molecule has 6 unspecified atom stereocenters. The van der Waals surface area contributed by atoms with Gasteiger partial charge in [-0.05, 0) is 51.4 Å². The summed E-state index contributed by atoms with van der Waals surface area (Å²) >= 11 is 0. The summed E-state index contributed by atoms with van der Waals surface area (Å²) in [5.41, 5.74) is 0. The van der Waals surface area contributed by atoms with E-state index in [0.29, 0.717) is 13.0 Å². The van der Waals surface area contributed by atoms with Crippen molar-refractivity contribution in [2.75, 3.05) is 26.4 Å². The number of hydrogen-bond donors (Lipinski definition) is 4. The minimum atomic E-state index is -1.54. The van der Waals surface area contributed by atoms with Crippen molar-refractivity contribution in [2.45, 2.75) is 275 Å². The highest BCUT2D eigenvalue weighted by molar-refractivity contribution is 5.69. The van der Waals surface area contributed by atoms with Gasteiger partial charge in [0.2, 0.25) is 0 Å². The van der Waals surface area contributed by atoms with Crippen molar-refractivity contribution in [2.24, 2.45) is 0 Å². The number of rotatable bonds is 47. The van der Waals surface area contributed by atoms with Gasteiger partial charge >= 0.3 is 5.97 Å². The van der Waals surface area contributed by atoms with Crippen molar-refractivity contribution in [1.29, 1.82) is 0 Å². The predicted octanol–water partition coefficient (Wildman–Crippen LogP) is 13.6. The zero-order chi connectivity index (χ0) is 47.1. The van der Waals surface area contributed by atoms with E-state index in [2.05, 4.69) is 62.5 Å². The molecular weight excluding hydrogens is 817 g/mol. The standard InChI is InChI=1S/C56H102O9/c1-3-5-7-9-11-13-15-17-19-21-23-24-25-26-27-28-30-32-34-36-38-40-42-44-46-62-48-50(49-63-56-55(61)54(60)53(59)51(47-57)65-56)64-52(58)45-43-41-39-37-35-33-31-29-22-20-18-16-14-12-10-8-6-4-2/h5,7,11,13,17,19,23-24,50-51,53-57,59-61H,3-4,6,8-10,12,14-16,18,20-22,25-49H2,1-2H3/b7-5-,13-11-,19-17-,24-23-. The van der Waals surface area contributed by atoms with Crippen LogP contribution in [0.15, 0.2) is 48.6 Å². The van der Waals surface area contributed by atoms with Crippen LogP contribution in [0, 0.1) is 0 Å². The molecule has 9 nitrogen and oxygen atoms in total. The Morgan fingerprint density at radius 3 is 1.42 bits per heavy atom. The largest absolute Gasteiger partial charge is 0.457 e. The van der Waals surface area contributed by atoms with E-state index in [1.54, 1.807) is 0 Å². The molecule has 0 aromatic heterocycles. The monoisotopic (exact) mass is 919 g/mol. The van der Waals surface area contributed by atoms with Gasteiger partial charge in [-0.1, -0.05) is 229 Å². The number of carbonyl (C=O) groups is 1. The van der Waals surface area contributed by atoms with Crippen molar-refractivity contribution < 1.29 is 44.2 Å². The highest BCUT2D eigenvalue weighted by Crippen LogP contribution is 2.23. The molecule has 1 fully saturated rings. The first-order valence-electron chi connectivity index (χ1n) is 27.2. The van der Waals surface area contributed by atoms with Crippen molar-refractivity contribution in [1.82, 2.24) is 0 Å². The first-order chi connectivity index (χ1) is 31.9. The minimum absolute atomic E-state index is 0.112. The van der Waals surface area contributed by atoms with Gasteiger partial charge in [0.25, 0.3) is 0 Å². The number of esters is 1. The maximum absolute atomic E-state index is 12.9. The maximum atomic E-state index is 12.9. The van der Waals surface area contributed by atoms with E-state index in [1.165, 1.54) is 161 Å². The topological polar surface area (TPSA) is 135 Å². The first kappa shape index (κ1) is 61.2. The van der Waals surface area contributed by atoms with Gasteiger partial charge in [-0.2, -0.15) is 0 Å². The fraction of sp³-hybridized carbons (Fsp3) is 0.839. The summed E-state index contributed by atoms with van der Waals surface area (Å²) in [6, 6.07) is 0. The second kappa shape index (κ2) is 47.2. The van der Waals surface area contributed by atoms with Gasteiger partial charge in [-0.3, -0.25) is 4.79 Å². The van der Waals surface area contributed by atoms with Crippen LogP contribution in [0.1, 0.15) is 239 Å². The molecule has 1 rings (SSSR count). The lowest BCUT2D eigenvalue weighted by Gasteiger charge is -2.39. The fourth-order valence-corrected chi connectivity index (χ4v) is 8.31. The van der Waals surface area contributed by atoms with E-state index in [1.807, 2.05) is 0 Å². The zero-order valence-electron chi connectivity index (χ0n) is 42.0. The van der Waals surface area contributed by atoms with E-state index in [9.17, 15) is 25.2 Å². The molecule has 0 aromatic carbocycles. The van der Waals surface area contributed by atoms with Crippen LogP contribution in [0.5, 0.6) is 0 Å². The number of unbranched alkanes of at least 4 members (excludes halogenated alkanes) is 28. The minimum Gasteiger partial charge on any atom is -0.457 e. The summed E-state index contributed by atoms with van der Waals surface area (Å²) in [6.45, 7) is 4.48. The molecule has 1 saturated heterocycles. The molecule has 0 saturated carbocycles. The first-order valence-corrected chi connectivity index (χ1v) is 27.2. The second-order valence-corrected chi connectivity index (χ2v) is 18.7. The van der Waals surface area contributed by atoms with Gasteiger partial charge in [0, 0.05) is 13.0 Å². The van der Waals surface area contributed by atoms with E-state index in [4.69, 9.17) is 18.9 Å². The average Bonchev–Trinajstić information content (AvgIpc) is 3.31. The number of hydrogen-bond acceptors (Lipinski definition) is 9. The Bertz CT molecular complexity index is 1140. The molecule has 0 amide bonds. The molecule has 4 N–H and O–H groups in total. The lowest BCUT2D eigenvalue weighted by Crippen LogP contribution is -2.59. The van der Waals surface area contributed by atoms with Gasteiger partial charge in [0.15, 0.2) is 6.29 Å². The summed E-state index contributed by atoms with van der Waals surface area (Å²) in [5.74, 6) is -0.311. The molecule has 9 heteroatoms. The van der Waals surface area contributed by atoms with Crippen molar-refractivity contribution in [3.05, 3.63) is 48.6 Å². The van der Waals surface area contributed by atoms with E-state index in [-0.39, 0.29) is 19.2 Å². The van der Waals surface area contributed by atoms with Crippen molar-refractivity contribution >= 4 is 5.97 Å². The lowest BCUT2D eigenvalue weighted by molar-refractivity contribution is -0.305. The van der Waals surface area contributed by atoms with Crippen LogP contribution < -0.4 is 0 Å². The van der Waals surface area contributed by atoms with Crippen molar-refractivity contribution in [3.8, 4) is 0 Å². The van der Waals surface area contributed by atoms with Crippen LogP contribution in [0.2, 0.25) is 0 Å². The third-order valence-electron chi connectivity index (χ3n) is 12.5. The fourth-order valence-electron chi connectivity index (χ4n) is 8.31. The van der Waals surface area contributed by atoms with Gasteiger partial charge in [-0.25, -0.2) is 0 Å². The lowest BCUT2D eigenvalue weighted by atomic mass is 9.99. The molecule has 0 aliphatic carbocycles. The molecule has 1 heterocycles. The summed E-state index contributed by atoms with van der Waals surface area (Å²) in [4.78, 5) is 12.9. The Hall–Kier alpha value is -1.85. The van der Waals surface area contributed by atoms with E-state index < -0.39 is 43.4 Å². The Kier molecular flexibility index (Phi) is 44.4. The number of aliphatic hydroxyl groups excluding tert-OH is 4. The molecule has 0 bridgehead atoms. The Labute approximate surface area is 399 Å². The maximum Gasteiger partial charge on any atom is 0.306 e. The Morgan fingerprint density at radius 2 is 0.938 bits per heavy atom. The SMILES string of the molecule is CC/C=C\C/C=C\C/C=C\C/C=C\CCCCCCCCCCCCCOCC(COC1OC(CO)C(O)C(O)C1O)OC(=O)CCCCCCCCCCCCCCCCCCCC. The van der Waals surface area contributed by atoms with Gasteiger partial charge in [0.05, 0.1) is 19.8 Å². The van der Waals surface area contributed by atoms with Crippen LogP contribution in [0.25, 0.3) is 0 Å².